The highest BCUT2D eigenvalue weighted by Crippen LogP contribution is 2.46. The Kier molecular flexibility index (Phi) is 2.22. The molecule has 1 saturated heterocycles. The van der Waals surface area contributed by atoms with Gasteiger partial charge in [0.05, 0.1) is 3.58 Å². The maximum atomic E-state index is 11.2. The molecule has 2 aliphatic rings. The van der Waals surface area contributed by atoms with E-state index in [0.717, 1.165) is 3.58 Å². The fraction of sp³-hybridized carbons (Fsp3) is 0.625. The Labute approximate surface area is 89.4 Å². The molecule has 0 aromatic heterocycles. The SMILES string of the molecule is COC1(OC)C(I)=CC(=O)[C@@H]2O[C@@H]21. The molecule has 2 atom stereocenters. The summed E-state index contributed by atoms with van der Waals surface area (Å²) in [4.78, 5) is 11.2. The normalized spacial score (nSPS) is 35.3. The van der Waals surface area contributed by atoms with Crippen molar-refractivity contribution < 1.29 is 19.0 Å². The van der Waals surface area contributed by atoms with Gasteiger partial charge in [-0.05, 0) is 28.7 Å². The van der Waals surface area contributed by atoms with Crippen LogP contribution in [0.5, 0.6) is 0 Å². The first-order chi connectivity index (χ1) is 6.15. The summed E-state index contributed by atoms with van der Waals surface area (Å²) in [6.45, 7) is 0. The van der Waals surface area contributed by atoms with Crippen molar-refractivity contribution >= 4 is 28.4 Å². The van der Waals surface area contributed by atoms with Gasteiger partial charge in [0, 0.05) is 14.2 Å². The van der Waals surface area contributed by atoms with Crippen molar-refractivity contribution in [3.63, 3.8) is 0 Å². The summed E-state index contributed by atoms with van der Waals surface area (Å²) in [6, 6.07) is 0. The molecule has 0 spiro atoms. The molecule has 1 fully saturated rings. The summed E-state index contributed by atoms with van der Waals surface area (Å²) >= 11 is 2.04. The van der Waals surface area contributed by atoms with Crippen LogP contribution in [-0.4, -0.2) is 38.0 Å². The number of epoxide rings is 1. The molecule has 0 unspecified atom stereocenters. The van der Waals surface area contributed by atoms with E-state index in [1.807, 2.05) is 22.6 Å². The fourth-order valence-electron chi connectivity index (χ4n) is 1.57. The second kappa shape index (κ2) is 3.01. The number of carbonyl (C=O) groups excluding carboxylic acids is 1. The zero-order chi connectivity index (χ0) is 9.64. The minimum absolute atomic E-state index is 0.000810. The first-order valence-electron chi connectivity index (χ1n) is 3.83. The summed E-state index contributed by atoms with van der Waals surface area (Å²) in [5.41, 5.74) is 0. The molecule has 0 aromatic carbocycles. The number of carbonyl (C=O) groups is 1. The number of ether oxygens (including phenoxy) is 3. The smallest absolute Gasteiger partial charge is 0.230 e. The second-order valence-electron chi connectivity index (χ2n) is 2.95. The highest BCUT2D eigenvalue weighted by molar-refractivity contribution is 14.1. The third-order valence-electron chi connectivity index (χ3n) is 2.35. The van der Waals surface area contributed by atoms with Gasteiger partial charge >= 0.3 is 0 Å². The van der Waals surface area contributed by atoms with E-state index in [-0.39, 0.29) is 18.0 Å². The number of fused-ring (bicyclic) bond motifs is 1. The predicted molar refractivity (Wildman–Crippen MR) is 52.5 cm³/mol. The van der Waals surface area contributed by atoms with E-state index < -0.39 is 5.79 Å². The van der Waals surface area contributed by atoms with Gasteiger partial charge in [-0.1, -0.05) is 0 Å². The Morgan fingerprint density at radius 3 is 2.69 bits per heavy atom. The molecule has 1 heterocycles. The predicted octanol–water partition coefficient (Wildman–Crippen LogP) is 0.645. The van der Waals surface area contributed by atoms with Gasteiger partial charge in [0.25, 0.3) is 0 Å². The Hall–Kier alpha value is 0.0200. The molecule has 1 aliphatic carbocycles. The van der Waals surface area contributed by atoms with Crippen LogP contribution in [0.25, 0.3) is 0 Å². The van der Waals surface area contributed by atoms with Gasteiger partial charge in [0.1, 0.15) is 0 Å². The lowest BCUT2D eigenvalue weighted by molar-refractivity contribution is -0.185. The first-order valence-corrected chi connectivity index (χ1v) is 4.91. The molecular weight excluding hydrogens is 287 g/mol. The van der Waals surface area contributed by atoms with Gasteiger partial charge in [-0.15, -0.1) is 0 Å². The topological polar surface area (TPSA) is 48.1 Å². The van der Waals surface area contributed by atoms with Gasteiger partial charge in [0.15, 0.2) is 18.0 Å². The number of hydrogen-bond donors (Lipinski definition) is 0. The maximum Gasteiger partial charge on any atom is 0.230 e. The van der Waals surface area contributed by atoms with Crippen molar-refractivity contribution in [1.29, 1.82) is 0 Å². The van der Waals surface area contributed by atoms with Crippen LogP contribution in [0.4, 0.5) is 0 Å². The second-order valence-corrected chi connectivity index (χ2v) is 4.11. The van der Waals surface area contributed by atoms with Crippen LogP contribution >= 0.6 is 22.6 Å². The summed E-state index contributed by atoms with van der Waals surface area (Å²) in [5, 5.41) is 0. The van der Waals surface area contributed by atoms with E-state index in [2.05, 4.69) is 0 Å². The molecule has 0 saturated carbocycles. The molecule has 5 heteroatoms. The quantitative estimate of drug-likeness (QED) is 0.426. The molecule has 0 bridgehead atoms. The summed E-state index contributed by atoms with van der Waals surface area (Å²) < 4.78 is 16.5. The molecule has 0 N–H and O–H groups in total. The van der Waals surface area contributed by atoms with E-state index in [4.69, 9.17) is 14.2 Å². The minimum atomic E-state index is -0.862. The minimum Gasteiger partial charge on any atom is -0.355 e. The number of ketones is 1. The molecule has 2 rings (SSSR count). The number of methoxy groups -OCH3 is 2. The van der Waals surface area contributed by atoms with Gasteiger partial charge in [0.2, 0.25) is 5.79 Å². The molecule has 13 heavy (non-hydrogen) atoms. The van der Waals surface area contributed by atoms with Crippen LogP contribution in [0, 0.1) is 0 Å². The molecule has 0 radical (unpaired) electrons. The lowest BCUT2D eigenvalue weighted by atomic mass is 10.0. The van der Waals surface area contributed by atoms with Crippen molar-refractivity contribution in [3.05, 3.63) is 9.66 Å². The molecule has 4 nitrogen and oxygen atoms in total. The number of halogens is 1. The average molecular weight is 296 g/mol. The van der Waals surface area contributed by atoms with Crippen molar-refractivity contribution in [2.75, 3.05) is 14.2 Å². The van der Waals surface area contributed by atoms with Crippen LogP contribution in [0.1, 0.15) is 0 Å². The van der Waals surface area contributed by atoms with Crippen LogP contribution in [0.3, 0.4) is 0 Å². The van der Waals surface area contributed by atoms with Crippen LogP contribution in [-0.2, 0) is 19.0 Å². The van der Waals surface area contributed by atoms with Crippen LogP contribution in [0.2, 0.25) is 0 Å². The lowest BCUT2D eigenvalue weighted by Gasteiger charge is -2.30. The Balaban J connectivity index is 2.38. The fourth-order valence-corrected chi connectivity index (χ4v) is 2.63. The average Bonchev–Trinajstić information content (AvgIpc) is 2.87. The zero-order valence-corrected chi connectivity index (χ0v) is 9.40. The van der Waals surface area contributed by atoms with Gasteiger partial charge in [-0.3, -0.25) is 4.79 Å². The molecule has 72 valence electrons. The van der Waals surface area contributed by atoms with E-state index >= 15 is 0 Å². The molecular formula is C8H9IO4. The Morgan fingerprint density at radius 1 is 1.54 bits per heavy atom. The third kappa shape index (κ3) is 1.18. The molecule has 0 aromatic rings. The third-order valence-corrected chi connectivity index (χ3v) is 3.42. The maximum absolute atomic E-state index is 11.2. The van der Waals surface area contributed by atoms with Crippen molar-refractivity contribution in [3.8, 4) is 0 Å². The lowest BCUT2D eigenvalue weighted by Crippen LogP contribution is -2.44. The van der Waals surface area contributed by atoms with E-state index in [1.54, 1.807) is 14.2 Å². The first kappa shape index (κ1) is 9.57. The number of rotatable bonds is 2. The Morgan fingerprint density at radius 2 is 2.15 bits per heavy atom. The van der Waals surface area contributed by atoms with E-state index in [1.165, 1.54) is 6.08 Å². The largest absolute Gasteiger partial charge is 0.355 e. The summed E-state index contributed by atoms with van der Waals surface area (Å²) in [6.07, 6.45) is 0.882. The van der Waals surface area contributed by atoms with Crippen molar-refractivity contribution in [2.45, 2.75) is 18.0 Å². The monoisotopic (exact) mass is 296 g/mol. The van der Waals surface area contributed by atoms with Gasteiger partial charge < -0.3 is 14.2 Å². The highest BCUT2D eigenvalue weighted by atomic mass is 127. The summed E-state index contributed by atoms with van der Waals surface area (Å²) in [7, 11) is 3.09. The van der Waals surface area contributed by atoms with E-state index in [0.29, 0.717) is 0 Å². The summed E-state index contributed by atoms with van der Waals surface area (Å²) in [5.74, 6) is -0.863. The van der Waals surface area contributed by atoms with Crippen LogP contribution in [0.15, 0.2) is 9.66 Å². The number of hydrogen-bond acceptors (Lipinski definition) is 4. The highest BCUT2D eigenvalue weighted by Gasteiger charge is 2.63. The Bertz CT molecular complexity index is 282. The standard InChI is InChI=1S/C8H9IO4/c1-11-8(12-2)5(9)3-4(10)6-7(8)13-6/h3,6-7H,1-2H3/t6-,7-/m0/s1. The van der Waals surface area contributed by atoms with Crippen LogP contribution < -0.4 is 0 Å². The zero-order valence-electron chi connectivity index (χ0n) is 7.24. The van der Waals surface area contributed by atoms with Gasteiger partial charge in [-0.2, -0.15) is 0 Å². The van der Waals surface area contributed by atoms with E-state index in [9.17, 15) is 4.79 Å². The molecule has 0 amide bonds. The molecule has 1 aliphatic heterocycles. The van der Waals surface area contributed by atoms with Crippen molar-refractivity contribution in [1.82, 2.24) is 0 Å². The van der Waals surface area contributed by atoms with Crippen molar-refractivity contribution in [2.24, 2.45) is 0 Å². The van der Waals surface area contributed by atoms with Gasteiger partial charge in [-0.25, -0.2) is 0 Å².